The second kappa shape index (κ2) is 3.59. The molecule has 3 N–H and O–H groups in total. The molecule has 0 bridgehead atoms. The van der Waals surface area contributed by atoms with E-state index in [4.69, 9.17) is 5.73 Å². The maximum atomic E-state index is 11.4. The Labute approximate surface area is 99.9 Å². The molecule has 3 rings (SSSR count). The van der Waals surface area contributed by atoms with Crippen LogP contribution in [0.15, 0.2) is 9.59 Å². The van der Waals surface area contributed by atoms with E-state index in [9.17, 15) is 9.59 Å². The van der Waals surface area contributed by atoms with Crippen molar-refractivity contribution >= 4 is 11.4 Å². The fraction of sp³-hybridized carbons (Fsp3) is 0.692. The molecule has 2 aliphatic carbocycles. The smallest absolute Gasteiger partial charge is 0.253 e. The van der Waals surface area contributed by atoms with E-state index in [1.54, 1.807) is 0 Å². The average molecular weight is 234 g/mol. The zero-order valence-electron chi connectivity index (χ0n) is 9.92. The molecule has 0 amide bonds. The quantitative estimate of drug-likeness (QED) is 0.758. The van der Waals surface area contributed by atoms with Gasteiger partial charge >= 0.3 is 0 Å². The summed E-state index contributed by atoms with van der Waals surface area (Å²) in [5.41, 5.74) is 5.51. The molecule has 0 heterocycles. The molecule has 0 radical (unpaired) electrons. The van der Waals surface area contributed by atoms with Crippen molar-refractivity contribution in [3.8, 4) is 0 Å². The van der Waals surface area contributed by atoms with Crippen molar-refractivity contribution in [2.24, 2.45) is 5.41 Å². The van der Waals surface area contributed by atoms with Gasteiger partial charge in [-0.25, -0.2) is 0 Å². The van der Waals surface area contributed by atoms with E-state index in [1.165, 1.54) is 38.5 Å². The predicted molar refractivity (Wildman–Crippen MR) is 67.9 cm³/mol. The molecule has 2 fully saturated rings. The Bertz CT molecular complexity index is 510. The van der Waals surface area contributed by atoms with Gasteiger partial charge in [0.1, 0.15) is 11.4 Å². The lowest BCUT2D eigenvalue weighted by Crippen LogP contribution is -2.50. The van der Waals surface area contributed by atoms with Crippen molar-refractivity contribution < 1.29 is 0 Å². The molecular formula is C13H18N2O2. The highest BCUT2D eigenvalue weighted by atomic mass is 16.2. The molecular weight excluding hydrogens is 216 g/mol. The van der Waals surface area contributed by atoms with Crippen molar-refractivity contribution in [2.75, 3.05) is 11.1 Å². The van der Waals surface area contributed by atoms with Crippen molar-refractivity contribution in [1.29, 1.82) is 0 Å². The minimum Gasteiger partial charge on any atom is -0.394 e. The Morgan fingerprint density at radius 1 is 1.06 bits per heavy atom. The van der Waals surface area contributed by atoms with Gasteiger partial charge in [-0.15, -0.1) is 0 Å². The molecule has 1 aromatic rings. The SMILES string of the molecule is Nc1c(NC2CCCCC23CCC3)c(=O)c1=O. The topological polar surface area (TPSA) is 72.2 Å². The number of nitrogens with two attached hydrogens (primary N) is 1. The van der Waals surface area contributed by atoms with E-state index in [1.807, 2.05) is 0 Å². The first-order valence-corrected chi connectivity index (χ1v) is 6.49. The molecule has 0 saturated heterocycles. The van der Waals surface area contributed by atoms with Crippen LogP contribution in [0.5, 0.6) is 0 Å². The van der Waals surface area contributed by atoms with Crippen LogP contribution in [-0.2, 0) is 0 Å². The van der Waals surface area contributed by atoms with Gasteiger partial charge in [-0.05, 0) is 31.1 Å². The van der Waals surface area contributed by atoms with Crippen LogP contribution in [0, 0.1) is 5.41 Å². The lowest BCUT2D eigenvalue weighted by atomic mass is 9.58. The van der Waals surface area contributed by atoms with Crippen molar-refractivity contribution in [2.45, 2.75) is 51.0 Å². The van der Waals surface area contributed by atoms with Gasteiger partial charge in [0, 0.05) is 6.04 Å². The molecule has 2 saturated carbocycles. The number of nitrogen functional groups attached to an aromatic ring is 1. The van der Waals surface area contributed by atoms with E-state index in [-0.39, 0.29) is 5.69 Å². The van der Waals surface area contributed by atoms with Crippen LogP contribution < -0.4 is 21.9 Å². The van der Waals surface area contributed by atoms with Gasteiger partial charge in [0.15, 0.2) is 0 Å². The number of hydrogen-bond acceptors (Lipinski definition) is 4. The van der Waals surface area contributed by atoms with E-state index < -0.39 is 10.9 Å². The Morgan fingerprint density at radius 2 is 1.76 bits per heavy atom. The second-order valence-corrected chi connectivity index (χ2v) is 5.61. The Kier molecular flexibility index (Phi) is 2.28. The lowest BCUT2D eigenvalue weighted by Gasteiger charge is -2.51. The fourth-order valence-electron chi connectivity index (χ4n) is 3.49. The Balaban J connectivity index is 1.80. The molecule has 4 heteroatoms. The summed E-state index contributed by atoms with van der Waals surface area (Å²) in [6.07, 6.45) is 8.63. The zero-order chi connectivity index (χ0) is 12.0. The van der Waals surface area contributed by atoms with Crippen LogP contribution in [-0.4, -0.2) is 6.04 Å². The van der Waals surface area contributed by atoms with Gasteiger partial charge in [0.05, 0.1) is 0 Å². The first-order valence-electron chi connectivity index (χ1n) is 6.49. The van der Waals surface area contributed by atoms with Gasteiger partial charge in [-0.2, -0.15) is 0 Å². The number of rotatable bonds is 2. The minimum absolute atomic E-state index is 0.134. The average Bonchev–Trinajstić information content (AvgIpc) is 2.33. The largest absolute Gasteiger partial charge is 0.394 e. The normalized spacial score (nSPS) is 26.9. The summed E-state index contributed by atoms with van der Waals surface area (Å²) < 4.78 is 0. The maximum absolute atomic E-state index is 11.4. The Hall–Kier alpha value is -1.32. The predicted octanol–water partition coefficient (Wildman–Crippen LogP) is 1.39. The van der Waals surface area contributed by atoms with Crippen LogP contribution in [0.25, 0.3) is 0 Å². The van der Waals surface area contributed by atoms with Crippen molar-refractivity contribution in [1.82, 2.24) is 0 Å². The van der Waals surface area contributed by atoms with Crippen LogP contribution in [0.1, 0.15) is 44.9 Å². The lowest BCUT2D eigenvalue weighted by molar-refractivity contribution is 0.0612. The minimum atomic E-state index is -0.522. The summed E-state index contributed by atoms with van der Waals surface area (Å²) in [6.45, 7) is 0. The fourth-order valence-corrected chi connectivity index (χ4v) is 3.49. The number of hydrogen-bond donors (Lipinski definition) is 2. The summed E-state index contributed by atoms with van der Waals surface area (Å²) in [7, 11) is 0. The van der Waals surface area contributed by atoms with Crippen molar-refractivity contribution in [3.05, 3.63) is 20.4 Å². The third kappa shape index (κ3) is 1.43. The highest BCUT2D eigenvalue weighted by molar-refractivity contribution is 5.71. The second-order valence-electron chi connectivity index (χ2n) is 5.61. The number of nitrogens with one attached hydrogen (secondary N) is 1. The maximum Gasteiger partial charge on any atom is 0.253 e. The molecule has 1 atom stereocenters. The molecule has 0 aliphatic heterocycles. The van der Waals surface area contributed by atoms with E-state index in [0.717, 1.165) is 6.42 Å². The molecule has 92 valence electrons. The molecule has 17 heavy (non-hydrogen) atoms. The van der Waals surface area contributed by atoms with Crippen molar-refractivity contribution in [3.63, 3.8) is 0 Å². The highest BCUT2D eigenvalue weighted by Gasteiger charge is 2.45. The van der Waals surface area contributed by atoms with Gasteiger partial charge < -0.3 is 11.1 Å². The van der Waals surface area contributed by atoms with Crippen LogP contribution >= 0.6 is 0 Å². The molecule has 2 aliphatic rings. The zero-order valence-corrected chi connectivity index (χ0v) is 9.92. The third-order valence-electron chi connectivity index (χ3n) is 4.77. The molecule has 1 unspecified atom stereocenters. The van der Waals surface area contributed by atoms with Gasteiger partial charge in [-0.3, -0.25) is 9.59 Å². The standard InChI is InChI=1S/C13H18N2O2/c14-9-10(12(17)11(9)16)15-8-4-1-2-5-13(8)6-3-7-13/h8,15H,1-7,14H2. The monoisotopic (exact) mass is 234 g/mol. The molecule has 4 nitrogen and oxygen atoms in total. The molecule has 0 aromatic heterocycles. The summed E-state index contributed by atoms with van der Waals surface area (Å²) >= 11 is 0. The van der Waals surface area contributed by atoms with E-state index in [2.05, 4.69) is 5.32 Å². The number of anilines is 2. The highest BCUT2D eigenvalue weighted by Crippen LogP contribution is 2.52. The van der Waals surface area contributed by atoms with Gasteiger partial charge in [0.25, 0.3) is 10.9 Å². The van der Waals surface area contributed by atoms with Gasteiger partial charge in [-0.1, -0.05) is 19.3 Å². The Morgan fingerprint density at radius 3 is 2.35 bits per heavy atom. The third-order valence-corrected chi connectivity index (χ3v) is 4.77. The summed E-state index contributed by atoms with van der Waals surface area (Å²) in [5.74, 6) is 0. The summed E-state index contributed by atoms with van der Waals surface area (Å²) in [5, 5.41) is 3.26. The van der Waals surface area contributed by atoms with Gasteiger partial charge in [0.2, 0.25) is 0 Å². The first-order chi connectivity index (χ1) is 8.14. The first kappa shape index (κ1) is 10.8. The summed E-state index contributed by atoms with van der Waals surface area (Å²) in [6, 6.07) is 0.343. The van der Waals surface area contributed by atoms with E-state index in [0.29, 0.717) is 17.1 Å². The van der Waals surface area contributed by atoms with Crippen LogP contribution in [0.4, 0.5) is 11.4 Å². The van der Waals surface area contributed by atoms with Crippen LogP contribution in [0.3, 0.4) is 0 Å². The summed E-state index contributed by atoms with van der Waals surface area (Å²) in [4.78, 5) is 22.5. The van der Waals surface area contributed by atoms with Crippen LogP contribution in [0.2, 0.25) is 0 Å². The molecule has 1 spiro atoms. The van der Waals surface area contributed by atoms with E-state index >= 15 is 0 Å². The molecule has 1 aromatic carbocycles.